The molecule has 112 valence electrons. The first-order valence-corrected chi connectivity index (χ1v) is 8.42. The topological polar surface area (TPSA) is 0 Å². The van der Waals surface area contributed by atoms with Gasteiger partial charge in [0.1, 0.15) is 0 Å². The molecule has 0 aromatic rings. The third-order valence-corrected chi connectivity index (χ3v) is 4.68. The summed E-state index contributed by atoms with van der Waals surface area (Å²) in [5, 5.41) is 0. The Kier molecular flexibility index (Phi) is 10.0. The zero-order chi connectivity index (χ0) is 14.7. The maximum absolute atomic E-state index is 4.27. The molecule has 0 radical (unpaired) electrons. The molecular weight excluding hydrogens is 228 g/mol. The van der Waals surface area contributed by atoms with Crippen LogP contribution in [-0.2, 0) is 0 Å². The lowest BCUT2D eigenvalue weighted by molar-refractivity contribution is 0.199. The Bertz CT molecular complexity index is 264. The van der Waals surface area contributed by atoms with E-state index in [-0.39, 0.29) is 0 Å². The van der Waals surface area contributed by atoms with E-state index in [1.807, 2.05) is 0 Å². The standard InChI is InChI=1S/C19H36/c1-7-14-19(11-5,15-8-2)16-12-13-17(6)18(9-3)10-4/h9H,6-8,10-16H2,1-5H3. The fraction of sp³-hybridized carbons (Fsp3) is 0.789. The second-order valence-corrected chi connectivity index (χ2v) is 5.98. The van der Waals surface area contributed by atoms with Crippen LogP contribution in [0.25, 0.3) is 0 Å². The van der Waals surface area contributed by atoms with E-state index in [1.165, 1.54) is 62.5 Å². The highest BCUT2D eigenvalue weighted by atomic mass is 14.3. The fourth-order valence-electron chi connectivity index (χ4n) is 3.46. The number of rotatable bonds is 11. The molecule has 0 unspecified atom stereocenters. The molecule has 0 N–H and O–H groups in total. The molecule has 0 aliphatic carbocycles. The summed E-state index contributed by atoms with van der Waals surface area (Å²) >= 11 is 0. The van der Waals surface area contributed by atoms with Gasteiger partial charge in [-0.25, -0.2) is 0 Å². The summed E-state index contributed by atoms with van der Waals surface area (Å²) in [7, 11) is 0. The Morgan fingerprint density at radius 2 is 1.58 bits per heavy atom. The van der Waals surface area contributed by atoms with E-state index in [0.29, 0.717) is 5.41 Å². The maximum Gasteiger partial charge on any atom is -0.0282 e. The molecule has 0 spiro atoms. The van der Waals surface area contributed by atoms with Crippen LogP contribution in [0.2, 0.25) is 0 Å². The molecule has 0 aromatic carbocycles. The Morgan fingerprint density at radius 1 is 1.00 bits per heavy atom. The molecule has 0 aromatic heterocycles. The van der Waals surface area contributed by atoms with Gasteiger partial charge in [0.15, 0.2) is 0 Å². The van der Waals surface area contributed by atoms with Crippen LogP contribution < -0.4 is 0 Å². The van der Waals surface area contributed by atoms with Crippen molar-refractivity contribution in [3.8, 4) is 0 Å². The van der Waals surface area contributed by atoms with Gasteiger partial charge in [0.25, 0.3) is 0 Å². The molecule has 0 atom stereocenters. The van der Waals surface area contributed by atoms with Crippen molar-refractivity contribution in [2.45, 2.75) is 92.4 Å². The molecular formula is C19H36. The smallest absolute Gasteiger partial charge is 0.0282 e. The van der Waals surface area contributed by atoms with E-state index in [1.54, 1.807) is 0 Å². The quantitative estimate of drug-likeness (QED) is 0.350. The van der Waals surface area contributed by atoms with E-state index < -0.39 is 0 Å². The van der Waals surface area contributed by atoms with E-state index in [4.69, 9.17) is 0 Å². The Balaban J connectivity index is 4.37. The molecule has 0 amide bonds. The largest absolute Gasteiger partial charge is 0.0956 e. The summed E-state index contributed by atoms with van der Waals surface area (Å²) in [6.45, 7) is 15.7. The number of hydrogen-bond acceptors (Lipinski definition) is 0. The summed E-state index contributed by atoms with van der Waals surface area (Å²) in [6.07, 6.45) is 14.0. The SMILES string of the molecule is C=C(CCCC(CC)(CCC)CCC)C(=CC)CC. The van der Waals surface area contributed by atoms with Gasteiger partial charge in [-0.3, -0.25) is 0 Å². The summed E-state index contributed by atoms with van der Waals surface area (Å²) in [5.41, 5.74) is 3.42. The number of allylic oxidation sites excluding steroid dienone is 3. The molecule has 0 aliphatic rings. The first kappa shape index (κ1) is 18.5. The minimum atomic E-state index is 0.603. The Hall–Kier alpha value is -0.520. The summed E-state index contributed by atoms with van der Waals surface area (Å²) in [4.78, 5) is 0. The monoisotopic (exact) mass is 264 g/mol. The molecule has 0 bridgehead atoms. The van der Waals surface area contributed by atoms with Gasteiger partial charge in [-0.05, 0) is 56.4 Å². The van der Waals surface area contributed by atoms with Crippen LogP contribution in [0.1, 0.15) is 92.4 Å². The maximum atomic E-state index is 4.27. The summed E-state index contributed by atoms with van der Waals surface area (Å²) < 4.78 is 0. The minimum absolute atomic E-state index is 0.603. The summed E-state index contributed by atoms with van der Waals surface area (Å²) in [5.74, 6) is 0. The Morgan fingerprint density at radius 3 is 1.95 bits per heavy atom. The molecule has 19 heavy (non-hydrogen) atoms. The van der Waals surface area contributed by atoms with Gasteiger partial charge in [0, 0.05) is 0 Å². The Labute approximate surface area is 122 Å². The van der Waals surface area contributed by atoms with Crippen LogP contribution in [-0.4, -0.2) is 0 Å². The van der Waals surface area contributed by atoms with Gasteiger partial charge >= 0.3 is 0 Å². The molecule has 0 rings (SSSR count). The van der Waals surface area contributed by atoms with Crippen LogP contribution in [0, 0.1) is 5.41 Å². The van der Waals surface area contributed by atoms with Crippen LogP contribution >= 0.6 is 0 Å². The number of hydrogen-bond donors (Lipinski definition) is 0. The predicted molar refractivity (Wildman–Crippen MR) is 89.6 cm³/mol. The first-order chi connectivity index (χ1) is 9.09. The molecule has 0 aliphatic heterocycles. The van der Waals surface area contributed by atoms with Gasteiger partial charge < -0.3 is 0 Å². The van der Waals surface area contributed by atoms with E-state index in [0.717, 1.165) is 6.42 Å². The van der Waals surface area contributed by atoms with Crippen molar-refractivity contribution in [1.82, 2.24) is 0 Å². The lowest BCUT2D eigenvalue weighted by atomic mass is 9.73. The van der Waals surface area contributed by atoms with Crippen molar-refractivity contribution in [2.24, 2.45) is 5.41 Å². The molecule has 0 nitrogen and oxygen atoms in total. The molecule has 0 heterocycles. The van der Waals surface area contributed by atoms with Gasteiger partial charge in [-0.15, -0.1) is 0 Å². The minimum Gasteiger partial charge on any atom is -0.0956 e. The van der Waals surface area contributed by atoms with Crippen LogP contribution in [0.4, 0.5) is 0 Å². The van der Waals surface area contributed by atoms with Crippen molar-refractivity contribution in [1.29, 1.82) is 0 Å². The predicted octanol–water partition coefficient (Wildman–Crippen LogP) is 7.07. The third kappa shape index (κ3) is 6.45. The van der Waals surface area contributed by atoms with E-state index in [9.17, 15) is 0 Å². The average molecular weight is 264 g/mol. The normalized spacial score (nSPS) is 12.8. The molecule has 0 saturated heterocycles. The second kappa shape index (κ2) is 10.3. The highest BCUT2D eigenvalue weighted by molar-refractivity contribution is 5.27. The van der Waals surface area contributed by atoms with E-state index >= 15 is 0 Å². The average Bonchev–Trinajstić information content (AvgIpc) is 2.40. The van der Waals surface area contributed by atoms with Crippen molar-refractivity contribution < 1.29 is 0 Å². The van der Waals surface area contributed by atoms with Gasteiger partial charge in [-0.2, -0.15) is 0 Å². The third-order valence-electron chi connectivity index (χ3n) is 4.68. The van der Waals surface area contributed by atoms with Gasteiger partial charge in [-0.1, -0.05) is 65.2 Å². The van der Waals surface area contributed by atoms with Crippen molar-refractivity contribution in [3.05, 3.63) is 23.8 Å². The van der Waals surface area contributed by atoms with E-state index in [2.05, 4.69) is 47.3 Å². The van der Waals surface area contributed by atoms with Crippen molar-refractivity contribution >= 4 is 0 Å². The van der Waals surface area contributed by atoms with Crippen LogP contribution in [0.3, 0.4) is 0 Å². The van der Waals surface area contributed by atoms with Crippen molar-refractivity contribution in [2.75, 3.05) is 0 Å². The summed E-state index contributed by atoms with van der Waals surface area (Å²) in [6, 6.07) is 0. The zero-order valence-electron chi connectivity index (χ0n) is 14.1. The molecule has 0 saturated carbocycles. The van der Waals surface area contributed by atoms with Crippen LogP contribution in [0.15, 0.2) is 23.8 Å². The second-order valence-electron chi connectivity index (χ2n) is 5.98. The molecule has 0 fully saturated rings. The van der Waals surface area contributed by atoms with Crippen molar-refractivity contribution in [3.63, 3.8) is 0 Å². The van der Waals surface area contributed by atoms with Gasteiger partial charge in [0.05, 0.1) is 0 Å². The lowest BCUT2D eigenvalue weighted by Crippen LogP contribution is -2.19. The highest BCUT2D eigenvalue weighted by Crippen LogP contribution is 2.39. The van der Waals surface area contributed by atoms with Gasteiger partial charge in [0.2, 0.25) is 0 Å². The first-order valence-electron chi connectivity index (χ1n) is 8.42. The molecule has 0 heteroatoms. The zero-order valence-corrected chi connectivity index (χ0v) is 14.1. The fourth-order valence-corrected chi connectivity index (χ4v) is 3.46. The van der Waals surface area contributed by atoms with Crippen LogP contribution in [0.5, 0.6) is 0 Å². The highest BCUT2D eigenvalue weighted by Gasteiger charge is 2.25. The lowest BCUT2D eigenvalue weighted by Gasteiger charge is -2.33.